The number of carbonyl (C=O) groups is 1. The van der Waals surface area contributed by atoms with Crippen LogP contribution in [0, 0.1) is 12.8 Å². The molecule has 0 unspecified atom stereocenters. The lowest BCUT2D eigenvalue weighted by atomic mass is 10.1. The van der Waals surface area contributed by atoms with E-state index in [0.717, 1.165) is 38.3 Å². The van der Waals surface area contributed by atoms with Crippen molar-refractivity contribution in [3.63, 3.8) is 0 Å². The van der Waals surface area contributed by atoms with Gasteiger partial charge in [-0.15, -0.1) is 0 Å². The first-order valence-electron chi connectivity index (χ1n) is 7.35. The van der Waals surface area contributed by atoms with Crippen LogP contribution in [0.3, 0.4) is 0 Å². The molecule has 0 aliphatic carbocycles. The quantitative estimate of drug-likeness (QED) is 0.858. The van der Waals surface area contributed by atoms with Gasteiger partial charge in [0.05, 0.1) is 5.56 Å². The zero-order valence-electron chi connectivity index (χ0n) is 12.7. The van der Waals surface area contributed by atoms with E-state index in [1.807, 2.05) is 30.0 Å². The third kappa shape index (κ3) is 3.31. The van der Waals surface area contributed by atoms with E-state index in [-0.39, 0.29) is 5.91 Å². The molecule has 110 valence electrons. The van der Waals surface area contributed by atoms with Gasteiger partial charge in [0.2, 0.25) is 0 Å². The summed E-state index contributed by atoms with van der Waals surface area (Å²) in [5.41, 5.74) is 8.25. The van der Waals surface area contributed by atoms with Gasteiger partial charge >= 0.3 is 0 Å². The van der Waals surface area contributed by atoms with Crippen LogP contribution in [0.25, 0.3) is 0 Å². The van der Waals surface area contributed by atoms with Crippen molar-refractivity contribution in [2.75, 3.05) is 38.5 Å². The molecule has 1 fully saturated rings. The smallest absolute Gasteiger partial charge is 0.256 e. The number of anilines is 1. The Kier molecular flexibility index (Phi) is 4.65. The van der Waals surface area contributed by atoms with E-state index >= 15 is 0 Å². The summed E-state index contributed by atoms with van der Waals surface area (Å²) in [6.07, 6.45) is 0. The lowest BCUT2D eigenvalue weighted by Crippen LogP contribution is -2.49. The maximum Gasteiger partial charge on any atom is 0.256 e. The summed E-state index contributed by atoms with van der Waals surface area (Å²) >= 11 is 0. The number of piperazine rings is 1. The van der Waals surface area contributed by atoms with Gasteiger partial charge in [0.15, 0.2) is 0 Å². The average molecular weight is 275 g/mol. The number of nitrogens with two attached hydrogens (primary N) is 1. The molecule has 4 heteroatoms. The van der Waals surface area contributed by atoms with Crippen molar-refractivity contribution in [1.29, 1.82) is 0 Å². The number of para-hydroxylation sites is 1. The van der Waals surface area contributed by atoms with Gasteiger partial charge in [0.25, 0.3) is 5.91 Å². The van der Waals surface area contributed by atoms with Gasteiger partial charge in [0, 0.05) is 38.4 Å². The zero-order valence-corrected chi connectivity index (χ0v) is 12.7. The summed E-state index contributed by atoms with van der Waals surface area (Å²) in [4.78, 5) is 16.9. The highest BCUT2D eigenvalue weighted by molar-refractivity contribution is 5.99. The van der Waals surface area contributed by atoms with Crippen molar-refractivity contribution in [3.05, 3.63) is 29.3 Å². The fourth-order valence-electron chi connectivity index (χ4n) is 2.69. The molecular weight excluding hydrogens is 250 g/mol. The topological polar surface area (TPSA) is 49.6 Å². The van der Waals surface area contributed by atoms with Gasteiger partial charge in [0.1, 0.15) is 0 Å². The highest BCUT2D eigenvalue weighted by Crippen LogP contribution is 2.19. The molecule has 0 saturated carbocycles. The fourth-order valence-corrected chi connectivity index (χ4v) is 2.69. The minimum atomic E-state index is 0.0652. The number of aryl methyl sites for hydroxylation is 1. The lowest BCUT2D eigenvalue weighted by molar-refractivity contribution is 0.0625. The van der Waals surface area contributed by atoms with E-state index in [4.69, 9.17) is 5.73 Å². The molecule has 1 amide bonds. The molecular formula is C16H25N3O. The average Bonchev–Trinajstić information content (AvgIpc) is 2.41. The highest BCUT2D eigenvalue weighted by Gasteiger charge is 2.23. The van der Waals surface area contributed by atoms with Crippen LogP contribution in [0.1, 0.15) is 29.8 Å². The van der Waals surface area contributed by atoms with Crippen LogP contribution in [-0.4, -0.2) is 48.4 Å². The molecule has 1 aromatic rings. The molecule has 20 heavy (non-hydrogen) atoms. The van der Waals surface area contributed by atoms with E-state index in [0.29, 0.717) is 17.2 Å². The maximum atomic E-state index is 12.5. The number of amides is 1. The minimum Gasteiger partial charge on any atom is -0.398 e. The van der Waals surface area contributed by atoms with Crippen LogP contribution in [0.2, 0.25) is 0 Å². The van der Waals surface area contributed by atoms with E-state index < -0.39 is 0 Å². The van der Waals surface area contributed by atoms with Crippen molar-refractivity contribution in [2.45, 2.75) is 20.8 Å². The summed E-state index contributed by atoms with van der Waals surface area (Å²) in [6, 6.07) is 5.66. The molecule has 0 atom stereocenters. The van der Waals surface area contributed by atoms with Gasteiger partial charge in [-0.3, -0.25) is 9.69 Å². The normalized spacial score (nSPS) is 16.7. The summed E-state index contributed by atoms with van der Waals surface area (Å²) in [5.74, 6) is 0.736. The first kappa shape index (κ1) is 14.9. The lowest BCUT2D eigenvalue weighted by Gasteiger charge is -2.35. The maximum absolute atomic E-state index is 12.5. The van der Waals surface area contributed by atoms with Crippen LogP contribution in [-0.2, 0) is 0 Å². The molecule has 4 nitrogen and oxygen atoms in total. The molecule has 1 aromatic carbocycles. The standard InChI is InChI=1S/C16H25N3O/c1-12(2)11-18-7-9-19(10-8-18)16(20)14-6-4-5-13(3)15(14)17/h4-6,12H,7-11,17H2,1-3H3. The third-order valence-electron chi connectivity index (χ3n) is 3.84. The molecule has 1 heterocycles. The summed E-state index contributed by atoms with van der Waals surface area (Å²) in [5, 5.41) is 0. The fraction of sp³-hybridized carbons (Fsp3) is 0.562. The SMILES string of the molecule is Cc1cccc(C(=O)N2CCN(CC(C)C)CC2)c1N. The van der Waals surface area contributed by atoms with Crippen molar-refractivity contribution >= 4 is 11.6 Å². The van der Waals surface area contributed by atoms with Crippen LogP contribution in [0.5, 0.6) is 0 Å². The number of benzene rings is 1. The highest BCUT2D eigenvalue weighted by atomic mass is 16.2. The molecule has 1 aliphatic rings. The summed E-state index contributed by atoms with van der Waals surface area (Å²) < 4.78 is 0. The largest absolute Gasteiger partial charge is 0.398 e. The first-order chi connectivity index (χ1) is 9.49. The Morgan fingerprint density at radius 3 is 2.50 bits per heavy atom. The Hall–Kier alpha value is -1.55. The van der Waals surface area contributed by atoms with Crippen molar-refractivity contribution in [1.82, 2.24) is 9.80 Å². The predicted octanol–water partition coefficient (Wildman–Crippen LogP) is 1.99. The Balaban J connectivity index is 2.00. The Morgan fingerprint density at radius 1 is 1.25 bits per heavy atom. The van der Waals surface area contributed by atoms with E-state index in [1.54, 1.807) is 0 Å². The Morgan fingerprint density at radius 2 is 1.90 bits per heavy atom. The number of carbonyl (C=O) groups excluding carboxylic acids is 1. The molecule has 0 bridgehead atoms. The van der Waals surface area contributed by atoms with E-state index in [9.17, 15) is 4.79 Å². The number of hydrogen-bond donors (Lipinski definition) is 1. The minimum absolute atomic E-state index is 0.0652. The van der Waals surface area contributed by atoms with Gasteiger partial charge < -0.3 is 10.6 Å². The van der Waals surface area contributed by atoms with Crippen molar-refractivity contribution in [2.24, 2.45) is 5.92 Å². The molecule has 0 spiro atoms. The van der Waals surface area contributed by atoms with Gasteiger partial charge in [-0.1, -0.05) is 26.0 Å². The summed E-state index contributed by atoms with van der Waals surface area (Å²) in [7, 11) is 0. The first-order valence-corrected chi connectivity index (χ1v) is 7.35. The second-order valence-corrected chi connectivity index (χ2v) is 6.02. The van der Waals surface area contributed by atoms with Crippen LogP contribution < -0.4 is 5.73 Å². The zero-order chi connectivity index (χ0) is 14.7. The second-order valence-electron chi connectivity index (χ2n) is 6.02. The molecule has 1 aliphatic heterocycles. The predicted molar refractivity (Wildman–Crippen MR) is 82.8 cm³/mol. The number of nitrogen functional groups attached to an aromatic ring is 1. The van der Waals surface area contributed by atoms with Gasteiger partial charge in [-0.05, 0) is 24.5 Å². The Bertz CT molecular complexity index is 477. The second kappa shape index (κ2) is 6.27. The van der Waals surface area contributed by atoms with Crippen molar-refractivity contribution < 1.29 is 4.79 Å². The molecule has 1 saturated heterocycles. The van der Waals surface area contributed by atoms with Crippen LogP contribution >= 0.6 is 0 Å². The van der Waals surface area contributed by atoms with Crippen LogP contribution in [0.4, 0.5) is 5.69 Å². The third-order valence-corrected chi connectivity index (χ3v) is 3.84. The van der Waals surface area contributed by atoms with E-state index in [2.05, 4.69) is 18.7 Å². The molecule has 0 radical (unpaired) electrons. The van der Waals surface area contributed by atoms with Gasteiger partial charge in [-0.2, -0.15) is 0 Å². The Labute approximate surface area is 121 Å². The van der Waals surface area contributed by atoms with Gasteiger partial charge in [-0.25, -0.2) is 0 Å². The summed E-state index contributed by atoms with van der Waals surface area (Å²) in [6.45, 7) is 11.0. The number of rotatable bonds is 3. The molecule has 2 N–H and O–H groups in total. The molecule has 2 rings (SSSR count). The number of hydrogen-bond acceptors (Lipinski definition) is 3. The number of nitrogens with zero attached hydrogens (tertiary/aromatic N) is 2. The van der Waals surface area contributed by atoms with Crippen LogP contribution in [0.15, 0.2) is 18.2 Å². The van der Waals surface area contributed by atoms with E-state index in [1.165, 1.54) is 0 Å². The molecule has 0 aromatic heterocycles. The monoisotopic (exact) mass is 275 g/mol. The van der Waals surface area contributed by atoms with Crippen molar-refractivity contribution in [3.8, 4) is 0 Å².